The van der Waals surface area contributed by atoms with Gasteiger partial charge in [0.2, 0.25) is 11.8 Å². The van der Waals surface area contributed by atoms with Gasteiger partial charge in [-0.15, -0.1) is 0 Å². The van der Waals surface area contributed by atoms with Gasteiger partial charge in [0.1, 0.15) is 6.54 Å². The zero-order valence-corrected chi connectivity index (χ0v) is 19.4. The molecule has 1 heterocycles. The van der Waals surface area contributed by atoms with Gasteiger partial charge in [0, 0.05) is 58.4 Å². The first kappa shape index (κ1) is 25.4. The summed E-state index contributed by atoms with van der Waals surface area (Å²) in [5.74, 6) is -0.301. The summed E-state index contributed by atoms with van der Waals surface area (Å²) in [6.07, 6.45) is 5.92. The van der Waals surface area contributed by atoms with Gasteiger partial charge in [-0.2, -0.15) is 0 Å². The molecule has 2 rings (SSSR count). The van der Waals surface area contributed by atoms with Crippen LogP contribution in [0.4, 0.5) is 0 Å². The van der Waals surface area contributed by atoms with Crippen LogP contribution in [0.1, 0.15) is 24.6 Å². The molecule has 2 amide bonds. The molecule has 0 atom stereocenters. The van der Waals surface area contributed by atoms with E-state index in [2.05, 4.69) is 0 Å². The standard InChI is InChI=1S/C25H35N3O4/c1-4-32-18-9-16-27(24(29)14-13-22-10-6-5-7-11-22)21-25(30)28(17-19-31-3)20-23-12-8-15-26(23)2/h5-8,10-15H,4,9,16-21H2,1-3H3. The largest absolute Gasteiger partial charge is 0.383 e. The fourth-order valence-corrected chi connectivity index (χ4v) is 3.22. The van der Waals surface area contributed by atoms with Gasteiger partial charge in [-0.25, -0.2) is 0 Å². The number of carbonyl (C=O) groups excluding carboxylic acids is 2. The van der Waals surface area contributed by atoms with Crippen LogP contribution >= 0.6 is 0 Å². The van der Waals surface area contributed by atoms with E-state index in [1.807, 2.05) is 67.2 Å². The second-order valence-electron chi connectivity index (χ2n) is 7.47. The smallest absolute Gasteiger partial charge is 0.247 e. The summed E-state index contributed by atoms with van der Waals surface area (Å²) >= 11 is 0. The van der Waals surface area contributed by atoms with Gasteiger partial charge >= 0.3 is 0 Å². The minimum Gasteiger partial charge on any atom is -0.383 e. The van der Waals surface area contributed by atoms with Crippen molar-refractivity contribution < 1.29 is 19.1 Å². The van der Waals surface area contributed by atoms with Crippen LogP contribution in [0.25, 0.3) is 6.08 Å². The van der Waals surface area contributed by atoms with Crippen molar-refractivity contribution in [3.8, 4) is 0 Å². The van der Waals surface area contributed by atoms with Crippen LogP contribution in [-0.2, 0) is 32.7 Å². The monoisotopic (exact) mass is 441 g/mol. The highest BCUT2D eigenvalue weighted by Crippen LogP contribution is 2.08. The summed E-state index contributed by atoms with van der Waals surface area (Å²) in [6.45, 7) is 4.93. The topological polar surface area (TPSA) is 64.0 Å². The Balaban J connectivity index is 2.09. The summed E-state index contributed by atoms with van der Waals surface area (Å²) in [5.41, 5.74) is 1.96. The molecule has 0 N–H and O–H groups in total. The number of amides is 2. The van der Waals surface area contributed by atoms with E-state index in [0.29, 0.717) is 45.9 Å². The Labute approximate surface area is 191 Å². The summed E-state index contributed by atoms with van der Waals surface area (Å²) in [6, 6.07) is 13.6. The predicted molar refractivity (Wildman–Crippen MR) is 126 cm³/mol. The zero-order chi connectivity index (χ0) is 23.2. The third kappa shape index (κ3) is 8.69. The Morgan fingerprint density at radius 2 is 1.81 bits per heavy atom. The molecule has 0 aliphatic rings. The first-order valence-corrected chi connectivity index (χ1v) is 11.0. The molecule has 0 aliphatic heterocycles. The number of aryl methyl sites for hydroxylation is 1. The van der Waals surface area contributed by atoms with E-state index in [0.717, 1.165) is 11.3 Å². The molecular weight excluding hydrogens is 406 g/mol. The number of hydrogen-bond donors (Lipinski definition) is 0. The Kier molecular flexibility index (Phi) is 11.3. The molecular formula is C25H35N3O4. The molecule has 0 bridgehead atoms. The SMILES string of the molecule is CCOCCCN(CC(=O)N(CCOC)Cc1cccn1C)C(=O)C=Cc1ccccc1. The van der Waals surface area contributed by atoms with Crippen LogP contribution in [0.15, 0.2) is 54.7 Å². The first-order valence-electron chi connectivity index (χ1n) is 11.0. The Morgan fingerprint density at radius 3 is 2.47 bits per heavy atom. The van der Waals surface area contributed by atoms with Gasteiger partial charge in [0.05, 0.1) is 13.2 Å². The van der Waals surface area contributed by atoms with Crippen molar-refractivity contribution >= 4 is 17.9 Å². The summed E-state index contributed by atoms with van der Waals surface area (Å²) in [4.78, 5) is 29.4. The lowest BCUT2D eigenvalue weighted by Crippen LogP contribution is -2.44. The van der Waals surface area contributed by atoms with Gasteiger partial charge in [-0.05, 0) is 37.1 Å². The summed E-state index contributed by atoms with van der Waals surface area (Å²) in [5, 5.41) is 0. The Hall–Kier alpha value is -2.90. The lowest BCUT2D eigenvalue weighted by Gasteiger charge is -2.27. The van der Waals surface area contributed by atoms with Gasteiger partial charge in [0.25, 0.3) is 0 Å². The van der Waals surface area contributed by atoms with Gasteiger partial charge in [0.15, 0.2) is 0 Å². The number of nitrogens with zero attached hydrogens (tertiary/aromatic N) is 3. The van der Waals surface area contributed by atoms with Gasteiger partial charge < -0.3 is 23.8 Å². The van der Waals surface area contributed by atoms with Crippen LogP contribution < -0.4 is 0 Å². The molecule has 7 nitrogen and oxygen atoms in total. The molecule has 32 heavy (non-hydrogen) atoms. The lowest BCUT2D eigenvalue weighted by molar-refractivity contribution is -0.139. The molecule has 1 aromatic carbocycles. The number of rotatable bonds is 14. The summed E-state index contributed by atoms with van der Waals surface area (Å²) in [7, 11) is 3.56. The number of benzene rings is 1. The molecule has 0 fully saturated rings. The molecule has 0 spiro atoms. The molecule has 1 aromatic heterocycles. The third-order valence-electron chi connectivity index (χ3n) is 5.10. The van der Waals surface area contributed by atoms with Gasteiger partial charge in [-0.3, -0.25) is 9.59 Å². The number of carbonyl (C=O) groups is 2. The van der Waals surface area contributed by atoms with Crippen molar-refractivity contribution in [1.29, 1.82) is 0 Å². The van der Waals surface area contributed by atoms with Crippen LogP contribution in [0.2, 0.25) is 0 Å². The second-order valence-corrected chi connectivity index (χ2v) is 7.47. The Morgan fingerprint density at radius 1 is 1.03 bits per heavy atom. The van der Waals surface area contributed by atoms with Crippen molar-refractivity contribution in [2.75, 3.05) is 46.6 Å². The normalized spacial score (nSPS) is 11.1. The molecule has 0 unspecified atom stereocenters. The fraction of sp³-hybridized carbons (Fsp3) is 0.440. The number of methoxy groups -OCH3 is 1. The Bertz CT molecular complexity index is 848. The first-order chi connectivity index (χ1) is 15.5. The van der Waals surface area contributed by atoms with Gasteiger partial charge in [-0.1, -0.05) is 30.3 Å². The van der Waals surface area contributed by atoms with Crippen molar-refractivity contribution in [3.05, 3.63) is 66.0 Å². The van der Waals surface area contributed by atoms with Crippen LogP contribution in [-0.4, -0.2) is 72.7 Å². The van der Waals surface area contributed by atoms with Crippen LogP contribution in [0.3, 0.4) is 0 Å². The van der Waals surface area contributed by atoms with Crippen LogP contribution in [0.5, 0.6) is 0 Å². The van der Waals surface area contributed by atoms with Crippen molar-refractivity contribution in [1.82, 2.24) is 14.4 Å². The quantitative estimate of drug-likeness (QED) is 0.334. The molecule has 0 saturated heterocycles. The minimum atomic E-state index is -0.191. The highest BCUT2D eigenvalue weighted by atomic mass is 16.5. The lowest BCUT2D eigenvalue weighted by atomic mass is 10.2. The predicted octanol–water partition coefficient (Wildman–Crippen LogP) is 2.97. The van der Waals surface area contributed by atoms with Crippen molar-refractivity contribution in [2.24, 2.45) is 7.05 Å². The van der Waals surface area contributed by atoms with E-state index in [1.54, 1.807) is 23.0 Å². The van der Waals surface area contributed by atoms with E-state index in [1.165, 1.54) is 6.08 Å². The van der Waals surface area contributed by atoms with E-state index in [4.69, 9.17) is 9.47 Å². The molecule has 174 valence electrons. The third-order valence-corrected chi connectivity index (χ3v) is 5.10. The van der Waals surface area contributed by atoms with Crippen molar-refractivity contribution in [3.63, 3.8) is 0 Å². The van der Waals surface area contributed by atoms with E-state index in [-0.39, 0.29) is 18.4 Å². The molecule has 7 heteroatoms. The summed E-state index contributed by atoms with van der Waals surface area (Å²) < 4.78 is 12.6. The van der Waals surface area contributed by atoms with Crippen molar-refractivity contribution in [2.45, 2.75) is 19.9 Å². The maximum atomic E-state index is 13.2. The van der Waals surface area contributed by atoms with E-state index in [9.17, 15) is 9.59 Å². The second kappa shape index (κ2) is 14.2. The van der Waals surface area contributed by atoms with E-state index >= 15 is 0 Å². The van der Waals surface area contributed by atoms with Crippen LogP contribution in [0, 0.1) is 0 Å². The average molecular weight is 442 g/mol. The number of hydrogen-bond acceptors (Lipinski definition) is 4. The molecule has 0 saturated carbocycles. The number of aromatic nitrogens is 1. The highest BCUT2D eigenvalue weighted by molar-refractivity contribution is 5.94. The maximum absolute atomic E-state index is 13.2. The average Bonchev–Trinajstić information content (AvgIpc) is 3.21. The zero-order valence-electron chi connectivity index (χ0n) is 19.4. The highest BCUT2D eigenvalue weighted by Gasteiger charge is 2.21. The van der Waals surface area contributed by atoms with E-state index < -0.39 is 0 Å². The maximum Gasteiger partial charge on any atom is 0.247 e. The minimum absolute atomic E-state index is 0.0121. The molecule has 0 radical (unpaired) electrons. The molecule has 0 aliphatic carbocycles. The molecule has 2 aromatic rings. The fourth-order valence-electron chi connectivity index (χ4n) is 3.22. The number of ether oxygens (including phenoxy) is 2.